The summed E-state index contributed by atoms with van der Waals surface area (Å²) in [5.74, 6) is 0.256. The Morgan fingerprint density at radius 1 is 1.33 bits per heavy atom. The summed E-state index contributed by atoms with van der Waals surface area (Å²) in [5, 5.41) is 6.05. The number of nitrogens with zero attached hydrogens (tertiary/aromatic N) is 2. The maximum absolute atomic E-state index is 11.6. The maximum Gasteiger partial charge on any atom is 0.325 e. The molecule has 1 aromatic heterocycles. The van der Waals surface area contributed by atoms with E-state index in [9.17, 15) is 4.79 Å². The maximum atomic E-state index is 11.6. The second-order valence-electron chi connectivity index (χ2n) is 5.51. The fourth-order valence-corrected chi connectivity index (χ4v) is 1.61. The van der Waals surface area contributed by atoms with Crippen molar-refractivity contribution in [3.8, 4) is 0 Å². The van der Waals surface area contributed by atoms with Gasteiger partial charge in [0, 0.05) is 31.9 Å². The van der Waals surface area contributed by atoms with Crippen molar-refractivity contribution < 1.29 is 9.53 Å². The molecule has 1 rings (SSSR count). The third kappa shape index (κ3) is 7.91. The highest BCUT2D eigenvalue weighted by Crippen LogP contribution is 2.06. The first-order valence-electron chi connectivity index (χ1n) is 6.97. The summed E-state index contributed by atoms with van der Waals surface area (Å²) in [6, 6.07) is 5.81. The number of carbonyl (C=O) groups excluding carboxylic acids is 1. The van der Waals surface area contributed by atoms with Crippen molar-refractivity contribution in [1.29, 1.82) is 0 Å². The summed E-state index contributed by atoms with van der Waals surface area (Å²) in [5.41, 5.74) is 0.530. The van der Waals surface area contributed by atoms with Gasteiger partial charge in [-0.05, 0) is 32.9 Å². The number of nitrogens with one attached hydrogen (secondary N) is 2. The monoisotopic (exact) mass is 292 g/mol. The third-order valence-corrected chi connectivity index (χ3v) is 2.44. The molecule has 0 atom stereocenters. The molecule has 116 valence electrons. The molecule has 21 heavy (non-hydrogen) atoms. The van der Waals surface area contributed by atoms with E-state index in [0.29, 0.717) is 12.5 Å². The minimum atomic E-state index is -0.477. The summed E-state index contributed by atoms with van der Waals surface area (Å²) in [6.07, 6.45) is 2.55. The molecule has 0 unspecified atom stereocenters. The highest BCUT2D eigenvalue weighted by Gasteiger charge is 2.16. The number of hydrogen-bond acceptors (Lipinski definition) is 4. The van der Waals surface area contributed by atoms with Gasteiger partial charge in [-0.25, -0.2) is 0 Å². The van der Waals surface area contributed by atoms with Gasteiger partial charge in [-0.15, -0.1) is 0 Å². The molecular formula is C15H24N4O2. The van der Waals surface area contributed by atoms with Crippen LogP contribution in [-0.4, -0.2) is 42.7 Å². The number of pyridine rings is 1. The highest BCUT2D eigenvalue weighted by atomic mass is 16.6. The van der Waals surface area contributed by atoms with E-state index in [1.807, 2.05) is 39.0 Å². The number of guanidine groups is 1. The fraction of sp³-hybridized carbons (Fsp3) is 0.533. The standard InChI is InChI=1S/C15H24N4O2/c1-15(2,3)21-13(20)11-19-14(16-4)18-10-8-12-7-5-6-9-17-12/h5-7,9H,8,10-11H2,1-4H3,(H2,16,18,19). The van der Waals surface area contributed by atoms with Crippen LogP contribution in [0.25, 0.3) is 0 Å². The van der Waals surface area contributed by atoms with Crippen LogP contribution in [-0.2, 0) is 16.0 Å². The predicted molar refractivity (Wildman–Crippen MR) is 83.2 cm³/mol. The molecule has 1 aromatic rings. The molecule has 0 bridgehead atoms. The molecule has 2 N–H and O–H groups in total. The van der Waals surface area contributed by atoms with Crippen LogP contribution < -0.4 is 10.6 Å². The Hall–Kier alpha value is -2.11. The van der Waals surface area contributed by atoms with Crippen LogP contribution >= 0.6 is 0 Å². The zero-order chi connectivity index (χ0) is 15.7. The normalized spacial score (nSPS) is 11.9. The van der Waals surface area contributed by atoms with E-state index >= 15 is 0 Å². The lowest BCUT2D eigenvalue weighted by Gasteiger charge is -2.20. The van der Waals surface area contributed by atoms with Gasteiger partial charge in [-0.3, -0.25) is 14.8 Å². The van der Waals surface area contributed by atoms with Gasteiger partial charge in [0.2, 0.25) is 0 Å². The molecule has 6 heteroatoms. The van der Waals surface area contributed by atoms with Gasteiger partial charge in [0.25, 0.3) is 0 Å². The van der Waals surface area contributed by atoms with Crippen molar-refractivity contribution in [2.45, 2.75) is 32.8 Å². The Morgan fingerprint density at radius 2 is 2.10 bits per heavy atom. The number of ether oxygens (including phenoxy) is 1. The van der Waals surface area contributed by atoms with Crippen LogP contribution in [0.1, 0.15) is 26.5 Å². The minimum absolute atomic E-state index is 0.0839. The molecule has 0 aliphatic heterocycles. The Bertz CT molecular complexity index is 466. The number of aliphatic imine (C=N–C) groups is 1. The Morgan fingerprint density at radius 3 is 2.67 bits per heavy atom. The van der Waals surface area contributed by atoms with Crippen molar-refractivity contribution in [3.05, 3.63) is 30.1 Å². The van der Waals surface area contributed by atoms with Gasteiger partial charge in [-0.2, -0.15) is 0 Å². The quantitative estimate of drug-likeness (QED) is 0.483. The van der Waals surface area contributed by atoms with Crippen LogP contribution in [0.2, 0.25) is 0 Å². The Kier molecular flexibility index (Phi) is 6.65. The van der Waals surface area contributed by atoms with Gasteiger partial charge in [0.1, 0.15) is 12.1 Å². The van der Waals surface area contributed by atoms with Crippen molar-refractivity contribution in [1.82, 2.24) is 15.6 Å². The van der Waals surface area contributed by atoms with Crippen LogP contribution in [0.15, 0.2) is 29.4 Å². The fourth-order valence-electron chi connectivity index (χ4n) is 1.61. The highest BCUT2D eigenvalue weighted by molar-refractivity contribution is 5.84. The van der Waals surface area contributed by atoms with Crippen LogP contribution in [0.4, 0.5) is 0 Å². The zero-order valence-electron chi connectivity index (χ0n) is 13.1. The molecule has 0 aliphatic carbocycles. The molecule has 0 aliphatic rings. The van der Waals surface area contributed by atoms with E-state index < -0.39 is 5.60 Å². The van der Waals surface area contributed by atoms with Gasteiger partial charge in [0.05, 0.1) is 0 Å². The zero-order valence-corrected chi connectivity index (χ0v) is 13.1. The number of carbonyl (C=O) groups is 1. The second-order valence-corrected chi connectivity index (χ2v) is 5.51. The average Bonchev–Trinajstić information content (AvgIpc) is 2.42. The van der Waals surface area contributed by atoms with E-state index in [1.165, 1.54) is 0 Å². The molecule has 1 heterocycles. The lowest BCUT2D eigenvalue weighted by molar-refractivity contribution is -0.153. The summed E-state index contributed by atoms with van der Waals surface area (Å²) in [4.78, 5) is 19.9. The minimum Gasteiger partial charge on any atom is -0.459 e. The van der Waals surface area contributed by atoms with Crippen LogP contribution in [0.3, 0.4) is 0 Å². The number of hydrogen-bond donors (Lipinski definition) is 2. The predicted octanol–water partition coefficient (Wildman–Crippen LogP) is 1.13. The first kappa shape index (κ1) is 16.9. The number of aromatic nitrogens is 1. The van der Waals surface area contributed by atoms with Crippen molar-refractivity contribution >= 4 is 11.9 Å². The molecule has 0 spiro atoms. The van der Waals surface area contributed by atoms with Crippen molar-refractivity contribution in [2.75, 3.05) is 20.1 Å². The van der Waals surface area contributed by atoms with Crippen molar-refractivity contribution in [2.24, 2.45) is 4.99 Å². The number of rotatable bonds is 5. The van der Waals surface area contributed by atoms with E-state index in [1.54, 1.807) is 13.2 Å². The molecule has 0 fully saturated rings. The molecule has 0 aromatic carbocycles. The molecule has 0 saturated heterocycles. The van der Waals surface area contributed by atoms with Gasteiger partial charge in [0.15, 0.2) is 5.96 Å². The molecule has 6 nitrogen and oxygen atoms in total. The van der Waals surface area contributed by atoms with Crippen LogP contribution in [0.5, 0.6) is 0 Å². The molecular weight excluding hydrogens is 268 g/mol. The molecule has 0 saturated carbocycles. The average molecular weight is 292 g/mol. The van der Waals surface area contributed by atoms with Crippen molar-refractivity contribution in [3.63, 3.8) is 0 Å². The van der Waals surface area contributed by atoms with Crippen LogP contribution in [0, 0.1) is 0 Å². The van der Waals surface area contributed by atoms with E-state index in [2.05, 4.69) is 20.6 Å². The third-order valence-electron chi connectivity index (χ3n) is 2.44. The van der Waals surface area contributed by atoms with Gasteiger partial charge in [-0.1, -0.05) is 6.07 Å². The van der Waals surface area contributed by atoms with E-state index in [0.717, 1.165) is 12.1 Å². The topological polar surface area (TPSA) is 75.6 Å². The summed E-state index contributed by atoms with van der Waals surface area (Å²) in [6.45, 7) is 6.28. The van der Waals surface area contributed by atoms with Gasteiger partial charge >= 0.3 is 5.97 Å². The molecule has 0 amide bonds. The summed E-state index contributed by atoms with van der Waals surface area (Å²) >= 11 is 0. The van der Waals surface area contributed by atoms with Gasteiger partial charge < -0.3 is 15.4 Å². The summed E-state index contributed by atoms with van der Waals surface area (Å²) in [7, 11) is 1.66. The SMILES string of the molecule is CN=C(NCCc1ccccn1)NCC(=O)OC(C)(C)C. The first-order chi connectivity index (χ1) is 9.90. The first-order valence-corrected chi connectivity index (χ1v) is 6.97. The molecule has 0 radical (unpaired) electrons. The second kappa shape index (κ2) is 8.24. The summed E-state index contributed by atoms with van der Waals surface area (Å²) < 4.78 is 5.21. The lowest BCUT2D eigenvalue weighted by atomic mass is 10.2. The number of esters is 1. The smallest absolute Gasteiger partial charge is 0.325 e. The lowest BCUT2D eigenvalue weighted by Crippen LogP contribution is -2.42. The largest absolute Gasteiger partial charge is 0.459 e. The Labute approximate surface area is 126 Å². The van der Waals surface area contributed by atoms with E-state index in [4.69, 9.17) is 4.74 Å². The van der Waals surface area contributed by atoms with E-state index in [-0.39, 0.29) is 12.5 Å². The Balaban J connectivity index is 2.28.